The first-order valence-electron chi connectivity index (χ1n) is 6.49. The second kappa shape index (κ2) is 6.34. The molecule has 3 heteroatoms. The summed E-state index contributed by atoms with van der Waals surface area (Å²) in [6.07, 6.45) is 0. The van der Waals surface area contributed by atoms with Crippen molar-refractivity contribution in [2.24, 2.45) is 0 Å². The van der Waals surface area contributed by atoms with Crippen LogP contribution in [0.25, 0.3) is 0 Å². The fraction of sp³-hybridized carbons (Fsp3) is 0.250. The van der Waals surface area contributed by atoms with Crippen LogP contribution in [-0.4, -0.2) is 11.4 Å². The zero-order valence-corrected chi connectivity index (χ0v) is 11.1. The lowest BCUT2D eigenvalue weighted by molar-refractivity contribution is 0.267. The maximum atomic E-state index is 13.6. The molecule has 0 heterocycles. The van der Waals surface area contributed by atoms with Crippen molar-refractivity contribution in [1.82, 2.24) is 4.90 Å². The van der Waals surface area contributed by atoms with Gasteiger partial charge in [-0.2, -0.15) is 0 Å². The number of nitrogens with two attached hydrogens (primary N) is 1. The Labute approximate surface area is 113 Å². The predicted octanol–water partition coefficient (Wildman–Crippen LogP) is 3.43. The third-order valence-electron chi connectivity index (χ3n) is 3.18. The molecular weight excluding hydrogens is 239 g/mol. The molecule has 0 unspecified atom stereocenters. The lowest BCUT2D eigenvalue weighted by Gasteiger charge is -2.21. The minimum absolute atomic E-state index is 0.141. The smallest absolute Gasteiger partial charge is 0.127 e. The van der Waals surface area contributed by atoms with Gasteiger partial charge in [0.2, 0.25) is 0 Å². The highest BCUT2D eigenvalue weighted by Crippen LogP contribution is 2.13. The molecule has 0 aliphatic rings. The zero-order valence-electron chi connectivity index (χ0n) is 11.1. The van der Waals surface area contributed by atoms with Gasteiger partial charge in [0.25, 0.3) is 0 Å². The van der Waals surface area contributed by atoms with Gasteiger partial charge in [-0.3, -0.25) is 4.90 Å². The van der Waals surface area contributed by atoms with Gasteiger partial charge in [0, 0.05) is 24.3 Å². The van der Waals surface area contributed by atoms with E-state index in [0.717, 1.165) is 24.3 Å². The molecule has 0 aliphatic carbocycles. The second-order valence-electron chi connectivity index (χ2n) is 4.64. The van der Waals surface area contributed by atoms with E-state index in [2.05, 4.69) is 11.8 Å². The summed E-state index contributed by atoms with van der Waals surface area (Å²) < 4.78 is 13.6. The fourth-order valence-corrected chi connectivity index (χ4v) is 2.03. The lowest BCUT2D eigenvalue weighted by Crippen LogP contribution is -2.22. The SMILES string of the molecule is CCN(Cc1ccc(N)cc1)Cc1ccccc1F. The Kier molecular flexibility index (Phi) is 4.53. The molecule has 0 fully saturated rings. The van der Waals surface area contributed by atoms with E-state index in [0.29, 0.717) is 6.54 Å². The van der Waals surface area contributed by atoms with Crippen LogP contribution >= 0.6 is 0 Å². The summed E-state index contributed by atoms with van der Waals surface area (Å²) in [5, 5.41) is 0. The average molecular weight is 258 g/mol. The third kappa shape index (κ3) is 3.80. The summed E-state index contributed by atoms with van der Waals surface area (Å²) in [7, 11) is 0. The van der Waals surface area contributed by atoms with Crippen molar-refractivity contribution in [3.63, 3.8) is 0 Å². The molecule has 0 saturated carbocycles. The topological polar surface area (TPSA) is 29.3 Å². The normalized spacial score (nSPS) is 10.9. The number of anilines is 1. The molecule has 100 valence electrons. The van der Waals surface area contributed by atoms with Gasteiger partial charge in [-0.05, 0) is 30.3 Å². The Morgan fingerprint density at radius 2 is 1.68 bits per heavy atom. The quantitative estimate of drug-likeness (QED) is 0.832. The minimum Gasteiger partial charge on any atom is -0.399 e. The van der Waals surface area contributed by atoms with Crippen LogP contribution in [-0.2, 0) is 13.1 Å². The molecule has 2 N–H and O–H groups in total. The molecule has 0 amide bonds. The van der Waals surface area contributed by atoms with Crippen LogP contribution in [0.3, 0.4) is 0 Å². The van der Waals surface area contributed by atoms with Gasteiger partial charge >= 0.3 is 0 Å². The monoisotopic (exact) mass is 258 g/mol. The first-order chi connectivity index (χ1) is 9.19. The summed E-state index contributed by atoms with van der Waals surface area (Å²) in [5.41, 5.74) is 8.36. The Hall–Kier alpha value is -1.87. The number of hydrogen-bond donors (Lipinski definition) is 1. The Morgan fingerprint density at radius 1 is 1.00 bits per heavy atom. The minimum atomic E-state index is -0.141. The van der Waals surface area contributed by atoms with E-state index in [9.17, 15) is 4.39 Å². The number of nitrogens with zero attached hydrogens (tertiary/aromatic N) is 1. The molecule has 2 nitrogen and oxygen atoms in total. The van der Waals surface area contributed by atoms with E-state index >= 15 is 0 Å². The number of benzene rings is 2. The molecule has 0 spiro atoms. The van der Waals surface area contributed by atoms with Gasteiger partial charge in [-0.15, -0.1) is 0 Å². The van der Waals surface area contributed by atoms with Crippen molar-refractivity contribution >= 4 is 5.69 Å². The Balaban J connectivity index is 2.05. The van der Waals surface area contributed by atoms with Crippen molar-refractivity contribution in [3.8, 4) is 0 Å². The maximum Gasteiger partial charge on any atom is 0.127 e. The van der Waals surface area contributed by atoms with Gasteiger partial charge in [0.1, 0.15) is 5.82 Å². The molecule has 0 aromatic heterocycles. The zero-order chi connectivity index (χ0) is 13.7. The Bertz CT molecular complexity index is 523. The fourth-order valence-electron chi connectivity index (χ4n) is 2.03. The molecule has 0 atom stereocenters. The molecule has 0 radical (unpaired) electrons. The molecule has 2 rings (SSSR count). The van der Waals surface area contributed by atoms with Crippen LogP contribution in [0.5, 0.6) is 0 Å². The molecule has 2 aromatic carbocycles. The highest BCUT2D eigenvalue weighted by Gasteiger charge is 2.08. The van der Waals surface area contributed by atoms with Crippen LogP contribution in [0.2, 0.25) is 0 Å². The molecule has 0 bridgehead atoms. The summed E-state index contributed by atoms with van der Waals surface area (Å²) >= 11 is 0. The molecule has 0 saturated heterocycles. The summed E-state index contributed by atoms with van der Waals surface area (Å²) in [4.78, 5) is 2.20. The van der Waals surface area contributed by atoms with Crippen LogP contribution in [0.15, 0.2) is 48.5 Å². The second-order valence-corrected chi connectivity index (χ2v) is 4.64. The van der Waals surface area contributed by atoms with Gasteiger partial charge < -0.3 is 5.73 Å². The first-order valence-corrected chi connectivity index (χ1v) is 6.49. The van der Waals surface area contributed by atoms with Crippen LogP contribution < -0.4 is 5.73 Å². The van der Waals surface area contributed by atoms with E-state index in [1.165, 1.54) is 11.6 Å². The van der Waals surface area contributed by atoms with E-state index in [-0.39, 0.29) is 5.82 Å². The van der Waals surface area contributed by atoms with Crippen molar-refractivity contribution in [2.75, 3.05) is 12.3 Å². The number of nitrogen functional groups attached to an aromatic ring is 1. The van der Waals surface area contributed by atoms with Crippen molar-refractivity contribution in [3.05, 3.63) is 65.5 Å². The van der Waals surface area contributed by atoms with Crippen molar-refractivity contribution < 1.29 is 4.39 Å². The molecule has 0 aliphatic heterocycles. The van der Waals surface area contributed by atoms with E-state index in [1.54, 1.807) is 6.07 Å². The number of halogens is 1. The predicted molar refractivity (Wildman–Crippen MR) is 77.0 cm³/mol. The van der Waals surface area contributed by atoms with Gasteiger partial charge in [0.05, 0.1) is 0 Å². The summed E-state index contributed by atoms with van der Waals surface area (Å²) in [5.74, 6) is -0.141. The van der Waals surface area contributed by atoms with E-state index < -0.39 is 0 Å². The summed E-state index contributed by atoms with van der Waals surface area (Å²) in [6.45, 7) is 4.37. The third-order valence-corrected chi connectivity index (χ3v) is 3.18. The van der Waals surface area contributed by atoms with E-state index in [1.807, 2.05) is 36.4 Å². The number of rotatable bonds is 5. The van der Waals surface area contributed by atoms with Crippen LogP contribution in [0, 0.1) is 5.82 Å². The average Bonchev–Trinajstić information content (AvgIpc) is 2.43. The lowest BCUT2D eigenvalue weighted by atomic mass is 10.1. The standard InChI is InChI=1S/C16H19FN2/c1-2-19(11-13-7-9-15(18)10-8-13)12-14-5-3-4-6-16(14)17/h3-10H,2,11-12,18H2,1H3. The maximum absolute atomic E-state index is 13.6. The van der Waals surface area contributed by atoms with Gasteiger partial charge in [-0.1, -0.05) is 37.3 Å². The van der Waals surface area contributed by atoms with Crippen molar-refractivity contribution in [2.45, 2.75) is 20.0 Å². The highest BCUT2D eigenvalue weighted by atomic mass is 19.1. The van der Waals surface area contributed by atoms with Crippen molar-refractivity contribution in [1.29, 1.82) is 0 Å². The van der Waals surface area contributed by atoms with Crippen LogP contribution in [0.4, 0.5) is 10.1 Å². The molecule has 19 heavy (non-hydrogen) atoms. The largest absolute Gasteiger partial charge is 0.399 e. The Morgan fingerprint density at radius 3 is 2.32 bits per heavy atom. The summed E-state index contributed by atoms with van der Waals surface area (Å²) in [6, 6.07) is 14.7. The van der Waals surface area contributed by atoms with Gasteiger partial charge in [-0.25, -0.2) is 4.39 Å². The number of hydrogen-bond acceptors (Lipinski definition) is 2. The highest BCUT2D eigenvalue weighted by molar-refractivity contribution is 5.39. The molecular formula is C16H19FN2. The van der Waals surface area contributed by atoms with Crippen LogP contribution in [0.1, 0.15) is 18.1 Å². The molecule has 2 aromatic rings. The first kappa shape index (κ1) is 13.6. The van der Waals surface area contributed by atoms with E-state index in [4.69, 9.17) is 5.73 Å². The van der Waals surface area contributed by atoms with Gasteiger partial charge in [0.15, 0.2) is 0 Å².